The smallest absolute Gasteiger partial charge is 0.241 e. The second kappa shape index (κ2) is 7.06. The SMILES string of the molecule is CCN(C)C(=O)CNC(=O)Cc1ccc(S)cc1. The summed E-state index contributed by atoms with van der Waals surface area (Å²) in [5.74, 6) is -0.240. The van der Waals surface area contributed by atoms with Crippen LogP contribution in [0.3, 0.4) is 0 Å². The molecule has 0 saturated carbocycles. The molecule has 18 heavy (non-hydrogen) atoms. The number of rotatable bonds is 5. The summed E-state index contributed by atoms with van der Waals surface area (Å²) in [6.45, 7) is 2.57. The maximum atomic E-state index is 11.6. The van der Waals surface area contributed by atoms with Crippen molar-refractivity contribution in [1.29, 1.82) is 0 Å². The number of likely N-dealkylation sites (N-methyl/N-ethyl adjacent to an activating group) is 1. The Hall–Kier alpha value is -1.49. The van der Waals surface area contributed by atoms with Crippen molar-refractivity contribution < 1.29 is 9.59 Å². The highest BCUT2D eigenvalue weighted by atomic mass is 32.1. The molecule has 2 amide bonds. The van der Waals surface area contributed by atoms with Crippen LogP contribution in [-0.4, -0.2) is 36.9 Å². The first-order chi connectivity index (χ1) is 8.52. The molecule has 0 saturated heterocycles. The third-order valence-corrected chi connectivity index (χ3v) is 2.94. The average Bonchev–Trinajstić information content (AvgIpc) is 2.37. The summed E-state index contributed by atoms with van der Waals surface area (Å²) in [5, 5.41) is 2.61. The van der Waals surface area contributed by atoms with Gasteiger partial charge in [0.05, 0.1) is 13.0 Å². The molecule has 0 unspecified atom stereocenters. The van der Waals surface area contributed by atoms with E-state index < -0.39 is 0 Å². The molecule has 98 valence electrons. The van der Waals surface area contributed by atoms with E-state index in [1.54, 1.807) is 11.9 Å². The van der Waals surface area contributed by atoms with Gasteiger partial charge in [-0.15, -0.1) is 12.6 Å². The Balaban J connectivity index is 2.38. The number of carbonyl (C=O) groups is 2. The molecule has 0 radical (unpaired) electrons. The standard InChI is InChI=1S/C13H18N2O2S/c1-3-15(2)13(17)9-14-12(16)8-10-4-6-11(18)7-5-10/h4-7,18H,3,8-9H2,1-2H3,(H,14,16). The van der Waals surface area contributed by atoms with Crippen LogP contribution in [0.1, 0.15) is 12.5 Å². The number of thiol groups is 1. The number of amides is 2. The highest BCUT2D eigenvalue weighted by molar-refractivity contribution is 7.80. The maximum Gasteiger partial charge on any atom is 0.241 e. The van der Waals surface area contributed by atoms with Crippen LogP contribution in [0.4, 0.5) is 0 Å². The summed E-state index contributed by atoms with van der Waals surface area (Å²) in [4.78, 5) is 25.5. The van der Waals surface area contributed by atoms with Gasteiger partial charge in [0.2, 0.25) is 11.8 Å². The molecule has 0 spiro atoms. The molecule has 0 fully saturated rings. The topological polar surface area (TPSA) is 49.4 Å². The van der Waals surface area contributed by atoms with Crippen molar-refractivity contribution >= 4 is 24.4 Å². The summed E-state index contributed by atoms with van der Waals surface area (Å²) >= 11 is 4.17. The first-order valence-electron chi connectivity index (χ1n) is 5.81. The zero-order valence-corrected chi connectivity index (χ0v) is 11.5. The molecule has 0 bridgehead atoms. The Morgan fingerprint density at radius 1 is 1.28 bits per heavy atom. The molecule has 0 aromatic heterocycles. The predicted octanol–water partition coefficient (Wildman–Crippen LogP) is 1.11. The number of benzene rings is 1. The van der Waals surface area contributed by atoms with Gasteiger partial charge in [0.25, 0.3) is 0 Å². The Morgan fingerprint density at radius 3 is 2.44 bits per heavy atom. The third kappa shape index (κ3) is 4.79. The zero-order valence-electron chi connectivity index (χ0n) is 10.6. The number of nitrogens with zero attached hydrogens (tertiary/aromatic N) is 1. The fraction of sp³-hybridized carbons (Fsp3) is 0.385. The van der Waals surface area contributed by atoms with E-state index in [1.807, 2.05) is 31.2 Å². The van der Waals surface area contributed by atoms with Crippen molar-refractivity contribution in [1.82, 2.24) is 10.2 Å². The van der Waals surface area contributed by atoms with E-state index in [1.165, 1.54) is 0 Å². The summed E-state index contributed by atoms with van der Waals surface area (Å²) in [6, 6.07) is 7.37. The molecule has 0 aliphatic rings. The first-order valence-corrected chi connectivity index (χ1v) is 6.26. The average molecular weight is 266 g/mol. The van der Waals surface area contributed by atoms with Gasteiger partial charge >= 0.3 is 0 Å². The van der Waals surface area contributed by atoms with Gasteiger partial charge in [0, 0.05) is 18.5 Å². The van der Waals surface area contributed by atoms with Crippen LogP contribution >= 0.6 is 12.6 Å². The normalized spacial score (nSPS) is 9.94. The van der Waals surface area contributed by atoms with Crippen molar-refractivity contribution in [2.24, 2.45) is 0 Å². The monoisotopic (exact) mass is 266 g/mol. The summed E-state index contributed by atoms with van der Waals surface area (Å²) < 4.78 is 0. The minimum atomic E-state index is -0.153. The Kier molecular flexibility index (Phi) is 5.71. The van der Waals surface area contributed by atoms with Crippen molar-refractivity contribution in [3.05, 3.63) is 29.8 Å². The lowest BCUT2D eigenvalue weighted by Crippen LogP contribution is -2.38. The van der Waals surface area contributed by atoms with Gasteiger partial charge in [0.15, 0.2) is 0 Å². The van der Waals surface area contributed by atoms with E-state index in [4.69, 9.17) is 0 Å². The Morgan fingerprint density at radius 2 is 1.89 bits per heavy atom. The summed E-state index contributed by atoms with van der Waals surface area (Å²) in [7, 11) is 1.71. The molecule has 1 aromatic carbocycles. The molecule has 0 atom stereocenters. The van der Waals surface area contributed by atoms with Crippen molar-refractivity contribution in [3.63, 3.8) is 0 Å². The number of hydrogen-bond acceptors (Lipinski definition) is 3. The Labute approximate surface area is 113 Å². The molecule has 4 nitrogen and oxygen atoms in total. The minimum absolute atomic E-state index is 0.0494. The van der Waals surface area contributed by atoms with E-state index in [9.17, 15) is 9.59 Å². The van der Waals surface area contributed by atoms with Crippen LogP contribution < -0.4 is 5.32 Å². The van der Waals surface area contributed by atoms with Gasteiger partial charge < -0.3 is 10.2 Å². The van der Waals surface area contributed by atoms with Crippen molar-refractivity contribution in [3.8, 4) is 0 Å². The first kappa shape index (κ1) is 14.6. The fourth-order valence-corrected chi connectivity index (χ4v) is 1.50. The second-order valence-electron chi connectivity index (χ2n) is 4.03. The van der Waals surface area contributed by atoms with E-state index >= 15 is 0 Å². The lowest BCUT2D eigenvalue weighted by molar-refractivity contribution is -0.131. The molecule has 0 aliphatic heterocycles. The molecule has 1 rings (SSSR count). The zero-order chi connectivity index (χ0) is 13.5. The number of nitrogens with one attached hydrogen (secondary N) is 1. The molecule has 1 aromatic rings. The fourth-order valence-electron chi connectivity index (χ4n) is 1.35. The Bertz CT molecular complexity index is 418. The third-order valence-electron chi connectivity index (χ3n) is 2.64. The summed E-state index contributed by atoms with van der Waals surface area (Å²) in [6.07, 6.45) is 0.275. The number of hydrogen-bond donors (Lipinski definition) is 2. The molecule has 0 heterocycles. The molecular formula is C13H18N2O2S. The maximum absolute atomic E-state index is 11.6. The van der Waals surface area contributed by atoms with Crippen LogP contribution in [0.5, 0.6) is 0 Å². The van der Waals surface area contributed by atoms with Crippen molar-refractivity contribution in [2.45, 2.75) is 18.2 Å². The van der Waals surface area contributed by atoms with E-state index in [0.717, 1.165) is 10.5 Å². The summed E-state index contributed by atoms with van der Waals surface area (Å²) in [5.41, 5.74) is 0.904. The largest absolute Gasteiger partial charge is 0.347 e. The quantitative estimate of drug-likeness (QED) is 0.785. The molecule has 1 N–H and O–H groups in total. The van der Waals surface area contributed by atoms with Gasteiger partial charge in [-0.2, -0.15) is 0 Å². The van der Waals surface area contributed by atoms with Crippen LogP contribution in [0.25, 0.3) is 0 Å². The van der Waals surface area contributed by atoms with Gasteiger partial charge in [-0.3, -0.25) is 9.59 Å². The second-order valence-corrected chi connectivity index (χ2v) is 4.54. The van der Waals surface area contributed by atoms with Crippen molar-refractivity contribution in [2.75, 3.05) is 20.1 Å². The molecule has 5 heteroatoms. The van der Waals surface area contributed by atoms with Gasteiger partial charge in [-0.25, -0.2) is 0 Å². The lowest BCUT2D eigenvalue weighted by atomic mass is 10.1. The van der Waals surface area contributed by atoms with Crippen LogP contribution in [0, 0.1) is 0 Å². The van der Waals surface area contributed by atoms with Crippen LogP contribution in [-0.2, 0) is 16.0 Å². The van der Waals surface area contributed by atoms with Gasteiger partial charge in [-0.05, 0) is 24.6 Å². The molecule has 0 aliphatic carbocycles. The molecular weight excluding hydrogens is 248 g/mol. The highest BCUT2D eigenvalue weighted by Crippen LogP contribution is 2.08. The lowest BCUT2D eigenvalue weighted by Gasteiger charge is -2.14. The van der Waals surface area contributed by atoms with Crippen LogP contribution in [0.2, 0.25) is 0 Å². The highest BCUT2D eigenvalue weighted by Gasteiger charge is 2.09. The van der Waals surface area contributed by atoms with E-state index in [2.05, 4.69) is 17.9 Å². The van der Waals surface area contributed by atoms with Crippen LogP contribution in [0.15, 0.2) is 29.2 Å². The van der Waals surface area contributed by atoms with Gasteiger partial charge in [0.1, 0.15) is 0 Å². The van der Waals surface area contributed by atoms with Gasteiger partial charge in [-0.1, -0.05) is 12.1 Å². The predicted molar refractivity (Wildman–Crippen MR) is 73.7 cm³/mol. The minimum Gasteiger partial charge on any atom is -0.347 e. The van der Waals surface area contributed by atoms with E-state index in [-0.39, 0.29) is 24.8 Å². The van der Waals surface area contributed by atoms with E-state index in [0.29, 0.717) is 6.54 Å². The number of carbonyl (C=O) groups excluding carboxylic acids is 2.